The van der Waals surface area contributed by atoms with Crippen LogP contribution in [0.2, 0.25) is 0 Å². The second-order valence-electron chi connectivity index (χ2n) is 4.81. The molecule has 0 aliphatic heterocycles. The summed E-state index contributed by atoms with van der Waals surface area (Å²) >= 11 is 0. The Hall–Kier alpha value is -1.69. The minimum atomic E-state index is -2.88. The third-order valence-electron chi connectivity index (χ3n) is 2.99. The summed E-state index contributed by atoms with van der Waals surface area (Å²) in [5.41, 5.74) is 5.25. The van der Waals surface area contributed by atoms with Crippen molar-refractivity contribution in [3.63, 3.8) is 0 Å². The summed E-state index contributed by atoms with van der Waals surface area (Å²) in [7, 11) is 0. The maximum absolute atomic E-state index is 12.2. The molecule has 0 radical (unpaired) electrons. The minimum absolute atomic E-state index is 0.0616. The van der Waals surface area contributed by atoms with Gasteiger partial charge in [0.25, 0.3) is 0 Å². The Labute approximate surface area is 117 Å². The number of nitrogens with one attached hydrogen (secondary N) is 1. The van der Waals surface area contributed by atoms with E-state index in [1.807, 2.05) is 13.8 Å². The zero-order valence-corrected chi connectivity index (χ0v) is 11.7. The zero-order chi connectivity index (χ0) is 15.2. The molecule has 0 bridgehead atoms. The second kappa shape index (κ2) is 7.19. The predicted octanol–water partition coefficient (Wildman–Crippen LogP) is 2.38. The summed E-state index contributed by atoms with van der Waals surface area (Å²) in [5, 5.41) is 3.23. The van der Waals surface area contributed by atoms with E-state index in [1.54, 1.807) is 12.1 Å². The molecule has 0 fully saturated rings. The lowest BCUT2D eigenvalue weighted by molar-refractivity contribution is -0.119. The molecule has 0 aliphatic rings. The van der Waals surface area contributed by atoms with Crippen molar-refractivity contribution in [2.45, 2.75) is 38.8 Å². The van der Waals surface area contributed by atoms with Crippen molar-refractivity contribution in [3.8, 4) is 5.75 Å². The van der Waals surface area contributed by atoms with E-state index < -0.39 is 18.1 Å². The highest BCUT2D eigenvalue weighted by atomic mass is 19.3. The molecule has 1 unspecified atom stereocenters. The van der Waals surface area contributed by atoms with E-state index in [1.165, 1.54) is 12.1 Å². The fraction of sp³-hybridized carbons (Fsp3) is 0.500. The molecule has 0 spiro atoms. The number of nitrogens with two attached hydrogens (primary N) is 1. The molecule has 112 valence electrons. The second-order valence-corrected chi connectivity index (χ2v) is 4.81. The van der Waals surface area contributed by atoms with Gasteiger partial charge in [-0.3, -0.25) is 4.79 Å². The van der Waals surface area contributed by atoms with Crippen molar-refractivity contribution in [2.24, 2.45) is 5.73 Å². The lowest BCUT2D eigenvalue weighted by Crippen LogP contribution is -2.43. The normalized spacial score (nSPS) is 14.1. The van der Waals surface area contributed by atoms with Crippen molar-refractivity contribution in [2.75, 3.05) is 6.54 Å². The van der Waals surface area contributed by atoms with E-state index >= 15 is 0 Å². The van der Waals surface area contributed by atoms with E-state index in [0.29, 0.717) is 12.1 Å². The van der Waals surface area contributed by atoms with Crippen molar-refractivity contribution >= 4 is 5.91 Å². The number of hydrogen-bond donors (Lipinski definition) is 2. The minimum Gasteiger partial charge on any atom is -0.435 e. The van der Waals surface area contributed by atoms with Crippen LogP contribution in [-0.2, 0) is 10.3 Å². The summed E-state index contributed by atoms with van der Waals surface area (Å²) in [5.74, 6) is -0.400. The van der Waals surface area contributed by atoms with Crippen LogP contribution < -0.4 is 15.8 Å². The monoisotopic (exact) mass is 286 g/mol. The SMILES string of the molecule is CCCNC(C)(CC(N)=O)c1cccc(OC(F)F)c1. The van der Waals surface area contributed by atoms with Crippen molar-refractivity contribution in [3.05, 3.63) is 29.8 Å². The Bertz CT molecular complexity index is 455. The highest BCUT2D eigenvalue weighted by Crippen LogP contribution is 2.28. The molecule has 1 atom stereocenters. The van der Waals surface area contributed by atoms with Gasteiger partial charge in [-0.25, -0.2) is 0 Å². The molecule has 6 heteroatoms. The molecular formula is C14H20F2N2O2. The maximum atomic E-state index is 12.2. The van der Waals surface area contributed by atoms with Crippen LogP contribution in [0, 0.1) is 0 Å². The highest BCUT2D eigenvalue weighted by Gasteiger charge is 2.28. The van der Waals surface area contributed by atoms with Crippen molar-refractivity contribution < 1.29 is 18.3 Å². The first-order chi connectivity index (χ1) is 9.37. The van der Waals surface area contributed by atoms with Gasteiger partial charge in [0.15, 0.2) is 0 Å². The van der Waals surface area contributed by atoms with Crippen LogP contribution >= 0.6 is 0 Å². The van der Waals surface area contributed by atoms with E-state index in [2.05, 4.69) is 10.1 Å². The number of rotatable bonds is 8. The molecule has 0 saturated carbocycles. The number of primary amides is 1. The summed E-state index contributed by atoms with van der Waals surface area (Å²) < 4.78 is 28.9. The summed E-state index contributed by atoms with van der Waals surface area (Å²) in [6, 6.07) is 6.31. The third kappa shape index (κ3) is 4.77. The van der Waals surface area contributed by atoms with Gasteiger partial charge >= 0.3 is 6.61 Å². The van der Waals surface area contributed by atoms with Crippen molar-refractivity contribution in [1.82, 2.24) is 5.32 Å². The van der Waals surface area contributed by atoms with Gasteiger partial charge in [-0.2, -0.15) is 8.78 Å². The van der Waals surface area contributed by atoms with E-state index in [4.69, 9.17) is 5.73 Å². The van der Waals surface area contributed by atoms with Crippen LogP contribution in [0.4, 0.5) is 8.78 Å². The molecule has 1 rings (SSSR count). The maximum Gasteiger partial charge on any atom is 0.387 e. The number of ether oxygens (including phenoxy) is 1. The molecule has 1 aromatic carbocycles. The highest BCUT2D eigenvalue weighted by molar-refractivity contribution is 5.75. The molecule has 3 N–H and O–H groups in total. The first kappa shape index (κ1) is 16.4. The Morgan fingerprint density at radius 2 is 2.20 bits per heavy atom. The topological polar surface area (TPSA) is 64.3 Å². The molecule has 0 aromatic heterocycles. The first-order valence-corrected chi connectivity index (χ1v) is 6.46. The fourth-order valence-electron chi connectivity index (χ4n) is 2.03. The largest absolute Gasteiger partial charge is 0.435 e. The van der Waals surface area contributed by atoms with Crippen molar-refractivity contribution in [1.29, 1.82) is 0 Å². The fourth-order valence-corrected chi connectivity index (χ4v) is 2.03. The van der Waals surface area contributed by atoms with Crippen LogP contribution in [0.25, 0.3) is 0 Å². The molecule has 1 aromatic rings. The summed E-state index contributed by atoms with van der Waals surface area (Å²) in [6.07, 6.45) is 0.951. The Morgan fingerprint density at radius 3 is 2.75 bits per heavy atom. The lowest BCUT2D eigenvalue weighted by Gasteiger charge is -2.30. The number of amides is 1. The molecular weight excluding hydrogens is 266 g/mol. The van der Waals surface area contributed by atoms with Crippen LogP contribution in [0.1, 0.15) is 32.3 Å². The van der Waals surface area contributed by atoms with Gasteiger partial charge in [-0.1, -0.05) is 19.1 Å². The number of carbonyl (C=O) groups is 1. The number of benzene rings is 1. The smallest absolute Gasteiger partial charge is 0.387 e. The van der Waals surface area contributed by atoms with E-state index in [9.17, 15) is 13.6 Å². The molecule has 1 amide bonds. The number of hydrogen-bond acceptors (Lipinski definition) is 3. The molecule has 0 saturated heterocycles. The summed E-state index contributed by atoms with van der Waals surface area (Å²) in [6.45, 7) is 1.61. The summed E-state index contributed by atoms with van der Waals surface area (Å²) in [4.78, 5) is 11.2. The number of halogens is 2. The average Bonchev–Trinajstić information content (AvgIpc) is 2.35. The van der Waals surface area contributed by atoms with Gasteiger partial charge in [-0.15, -0.1) is 0 Å². The number of carbonyl (C=O) groups excluding carboxylic acids is 1. The molecule has 4 nitrogen and oxygen atoms in total. The van der Waals surface area contributed by atoms with Gasteiger partial charge in [0.1, 0.15) is 5.75 Å². The predicted molar refractivity (Wildman–Crippen MR) is 72.5 cm³/mol. The Balaban J connectivity index is 3.03. The Morgan fingerprint density at radius 1 is 1.50 bits per heavy atom. The van der Waals surface area contributed by atoms with Crippen LogP contribution in [0.3, 0.4) is 0 Å². The standard InChI is InChI=1S/C14H20F2N2O2/c1-3-7-18-14(2,9-12(17)19)10-5-4-6-11(8-10)20-13(15)16/h4-6,8,13,18H,3,7,9H2,1-2H3,(H2,17,19). The Kier molecular flexibility index (Phi) is 5.88. The lowest BCUT2D eigenvalue weighted by atomic mass is 9.88. The zero-order valence-electron chi connectivity index (χ0n) is 11.7. The van der Waals surface area contributed by atoms with Crippen LogP contribution in [0.5, 0.6) is 5.75 Å². The molecule has 0 aliphatic carbocycles. The van der Waals surface area contributed by atoms with Gasteiger partial charge < -0.3 is 15.8 Å². The molecule has 0 heterocycles. The number of alkyl halides is 2. The van der Waals surface area contributed by atoms with Gasteiger partial charge in [0.2, 0.25) is 5.91 Å². The van der Waals surface area contributed by atoms with Gasteiger partial charge in [-0.05, 0) is 37.6 Å². The third-order valence-corrected chi connectivity index (χ3v) is 2.99. The van der Waals surface area contributed by atoms with E-state index in [-0.39, 0.29) is 12.2 Å². The van der Waals surface area contributed by atoms with Crippen LogP contribution in [0.15, 0.2) is 24.3 Å². The van der Waals surface area contributed by atoms with Crippen LogP contribution in [-0.4, -0.2) is 19.1 Å². The molecule has 20 heavy (non-hydrogen) atoms. The van der Waals surface area contributed by atoms with Gasteiger partial charge in [0, 0.05) is 12.0 Å². The average molecular weight is 286 g/mol. The first-order valence-electron chi connectivity index (χ1n) is 6.46. The van der Waals surface area contributed by atoms with E-state index in [0.717, 1.165) is 6.42 Å². The van der Waals surface area contributed by atoms with Gasteiger partial charge in [0.05, 0.1) is 0 Å². The quantitative estimate of drug-likeness (QED) is 0.771.